The first-order valence-electron chi connectivity index (χ1n) is 7.71. The molecule has 0 aromatic heterocycles. The van der Waals surface area contributed by atoms with Crippen molar-refractivity contribution in [2.75, 3.05) is 18.9 Å². The zero-order valence-electron chi connectivity index (χ0n) is 13.5. The van der Waals surface area contributed by atoms with Gasteiger partial charge in [0.25, 0.3) is 0 Å². The maximum atomic E-state index is 12.2. The van der Waals surface area contributed by atoms with Crippen molar-refractivity contribution >= 4 is 20.8 Å². The Morgan fingerprint density at radius 1 is 1.13 bits per heavy atom. The summed E-state index contributed by atoms with van der Waals surface area (Å²) in [5.41, 5.74) is 6.64. The second-order valence-electron chi connectivity index (χ2n) is 5.75. The molecule has 126 valence electrons. The molecule has 0 bridgehead atoms. The van der Waals surface area contributed by atoms with Crippen LogP contribution in [0.3, 0.4) is 0 Å². The average Bonchev–Trinajstić information content (AvgIpc) is 2.51. The van der Waals surface area contributed by atoms with Gasteiger partial charge in [0, 0.05) is 6.54 Å². The Morgan fingerprint density at radius 3 is 2.48 bits per heavy atom. The number of rotatable bonds is 8. The summed E-state index contributed by atoms with van der Waals surface area (Å²) in [4.78, 5) is 0. The standard InChI is InChI=1S/C17H24N2O3S/c1-13(2)22-9-10-23(20,21)19-17(12-18)16-8-7-14-5-3-4-6-15(14)11-16/h3-8,11,13,17,19H,9-10,12,18H2,1-2H3. The van der Waals surface area contributed by atoms with Gasteiger partial charge in [-0.25, -0.2) is 13.1 Å². The van der Waals surface area contributed by atoms with E-state index in [1.165, 1.54) is 0 Å². The number of fused-ring (bicyclic) bond motifs is 1. The van der Waals surface area contributed by atoms with Crippen LogP contribution in [0.2, 0.25) is 0 Å². The summed E-state index contributed by atoms with van der Waals surface area (Å²) >= 11 is 0. The van der Waals surface area contributed by atoms with E-state index in [2.05, 4.69) is 4.72 Å². The fourth-order valence-electron chi connectivity index (χ4n) is 2.35. The fraction of sp³-hybridized carbons (Fsp3) is 0.412. The number of nitrogens with two attached hydrogens (primary N) is 1. The van der Waals surface area contributed by atoms with E-state index in [0.717, 1.165) is 16.3 Å². The molecule has 2 rings (SSSR count). The molecule has 1 atom stereocenters. The van der Waals surface area contributed by atoms with Gasteiger partial charge in [-0.15, -0.1) is 0 Å². The van der Waals surface area contributed by atoms with Crippen LogP contribution in [0.4, 0.5) is 0 Å². The predicted molar refractivity (Wildman–Crippen MR) is 93.8 cm³/mol. The highest BCUT2D eigenvalue weighted by Gasteiger charge is 2.18. The van der Waals surface area contributed by atoms with Gasteiger partial charge in [-0.3, -0.25) is 0 Å². The van der Waals surface area contributed by atoms with Crippen LogP contribution in [-0.4, -0.2) is 33.4 Å². The lowest BCUT2D eigenvalue weighted by atomic mass is 10.0. The fourth-order valence-corrected chi connectivity index (χ4v) is 3.45. The van der Waals surface area contributed by atoms with E-state index in [4.69, 9.17) is 10.5 Å². The van der Waals surface area contributed by atoms with Crippen LogP contribution in [-0.2, 0) is 14.8 Å². The third kappa shape index (κ3) is 5.28. The van der Waals surface area contributed by atoms with Crippen molar-refractivity contribution in [2.45, 2.75) is 26.0 Å². The molecule has 3 N–H and O–H groups in total. The number of hydrogen-bond acceptors (Lipinski definition) is 4. The minimum Gasteiger partial charge on any atom is -0.378 e. The Bertz CT molecular complexity index is 744. The Balaban J connectivity index is 2.11. The highest BCUT2D eigenvalue weighted by Crippen LogP contribution is 2.20. The second kappa shape index (κ2) is 7.88. The smallest absolute Gasteiger partial charge is 0.214 e. The molecule has 6 heteroatoms. The van der Waals surface area contributed by atoms with Crippen LogP contribution in [0.1, 0.15) is 25.5 Å². The van der Waals surface area contributed by atoms with E-state index >= 15 is 0 Å². The molecule has 0 fully saturated rings. The molecule has 0 amide bonds. The zero-order valence-corrected chi connectivity index (χ0v) is 14.3. The van der Waals surface area contributed by atoms with E-state index in [1.807, 2.05) is 56.3 Å². The average molecular weight is 336 g/mol. The number of sulfonamides is 1. The van der Waals surface area contributed by atoms with E-state index < -0.39 is 16.1 Å². The molecular formula is C17H24N2O3S. The third-order valence-corrected chi connectivity index (χ3v) is 4.88. The Labute approximate surface area is 137 Å². The van der Waals surface area contributed by atoms with Gasteiger partial charge in [0.2, 0.25) is 10.0 Å². The summed E-state index contributed by atoms with van der Waals surface area (Å²) in [6.07, 6.45) is 0.0102. The first-order chi connectivity index (χ1) is 10.9. The highest BCUT2D eigenvalue weighted by atomic mass is 32.2. The topological polar surface area (TPSA) is 81.4 Å². The molecule has 5 nitrogen and oxygen atoms in total. The quantitative estimate of drug-likeness (QED) is 0.774. The first-order valence-corrected chi connectivity index (χ1v) is 9.37. The zero-order chi connectivity index (χ0) is 16.9. The molecule has 2 aromatic rings. The SMILES string of the molecule is CC(C)OCCS(=O)(=O)NC(CN)c1ccc2ccccc2c1. The molecule has 0 aliphatic rings. The highest BCUT2D eigenvalue weighted by molar-refractivity contribution is 7.89. The molecule has 0 saturated carbocycles. The van der Waals surface area contributed by atoms with Gasteiger partial charge in [0.15, 0.2) is 0 Å². The minimum absolute atomic E-state index is 0.0102. The van der Waals surface area contributed by atoms with Crippen LogP contribution < -0.4 is 10.5 Å². The van der Waals surface area contributed by atoms with Gasteiger partial charge in [-0.1, -0.05) is 36.4 Å². The van der Waals surface area contributed by atoms with Crippen LogP contribution in [0.25, 0.3) is 10.8 Å². The molecule has 0 spiro atoms. The van der Waals surface area contributed by atoms with Crippen molar-refractivity contribution in [3.63, 3.8) is 0 Å². The molecule has 0 radical (unpaired) electrons. The maximum absolute atomic E-state index is 12.2. The lowest BCUT2D eigenvalue weighted by molar-refractivity contribution is 0.0911. The summed E-state index contributed by atoms with van der Waals surface area (Å²) in [6, 6.07) is 13.4. The second-order valence-corrected chi connectivity index (χ2v) is 7.62. The molecule has 0 saturated heterocycles. The summed E-state index contributed by atoms with van der Waals surface area (Å²) in [5.74, 6) is -0.0741. The summed E-state index contributed by atoms with van der Waals surface area (Å²) in [6.45, 7) is 4.11. The summed E-state index contributed by atoms with van der Waals surface area (Å²) in [5, 5.41) is 2.17. The Morgan fingerprint density at radius 2 is 1.83 bits per heavy atom. The van der Waals surface area contributed by atoms with Crippen molar-refractivity contribution in [3.05, 3.63) is 48.0 Å². The monoisotopic (exact) mass is 336 g/mol. The molecule has 0 aliphatic heterocycles. The Hall–Kier alpha value is -1.47. The van der Waals surface area contributed by atoms with Crippen molar-refractivity contribution < 1.29 is 13.2 Å². The van der Waals surface area contributed by atoms with Gasteiger partial charge in [0.1, 0.15) is 0 Å². The van der Waals surface area contributed by atoms with Crippen molar-refractivity contribution in [2.24, 2.45) is 5.73 Å². The number of nitrogens with one attached hydrogen (secondary N) is 1. The van der Waals surface area contributed by atoms with E-state index in [-0.39, 0.29) is 25.0 Å². The van der Waals surface area contributed by atoms with Crippen LogP contribution in [0.15, 0.2) is 42.5 Å². The number of hydrogen-bond donors (Lipinski definition) is 2. The van der Waals surface area contributed by atoms with E-state index in [0.29, 0.717) is 0 Å². The molecular weight excluding hydrogens is 312 g/mol. The minimum atomic E-state index is -3.44. The summed E-state index contributed by atoms with van der Waals surface area (Å²) < 4.78 is 32.3. The normalized spacial score (nSPS) is 13.6. The molecule has 0 heterocycles. The van der Waals surface area contributed by atoms with Gasteiger partial charge >= 0.3 is 0 Å². The van der Waals surface area contributed by atoms with Gasteiger partial charge < -0.3 is 10.5 Å². The summed E-state index contributed by atoms with van der Waals surface area (Å²) in [7, 11) is -3.44. The maximum Gasteiger partial charge on any atom is 0.214 e. The first kappa shape index (κ1) is 17.9. The molecule has 2 aromatic carbocycles. The molecule has 0 aliphatic carbocycles. The van der Waals surface area contributed by atoms with Crippen LogP contribution in [0.5, 0.6) is 0 Å². The van der Waals surface area contributed by atoms with Crippen molar-refractivity contribution in [1.29, 1.82) is 0 Å². The number of ether oxygens (including phenoxy) is 1. The largest absolute Gasteiger partial charge is 0.378 e. The van der Waals surface area contributed by atoms with Crippen molar-refractivity contribution in [3.8, 4) is 0 Å². The van der Waals surface area contributed by atoms with Crippen LogP contribution in [0, 0.1) is 0 Å². The molecule has 1 unspecified atom stereocenters. The van der Waals surface area contributed by atoms with E-state index in [9.17, 15) is 8.42 Å². The van der Waals surface area contributed by atoms with Gasteiger partial charge in [-0.2, -0.15) is 0 Å². The molecule has 23 heavy (non-hydrogen) atoms. The van der Waals surface area contributed by atoms with E-state index in [1.54, 1.807) is 0 Å². The van der Waals surface area contributed by atoms with Gasteiger partial charge in [-0.05, 0) is 36.2 Å². The van der Waals surface area contributed by atoms with Gasteiger partial charge in [0.05, 0.1) is 24.5 Å². The Kier molecular flexibility index (Phi) is 6.12. The van der Waals surface area contributed by atoms with Crippen LogP contribution >= 0.6 is 0 Å². The lowest BCUT2D eigenvalue weighted by Gasteiger charge is -2.18. The lowest BCUT2D eigenvalue weighted by Crippen LogP contribution is -2.36. The number of benzene rings is 2. The third-order valence-electron chi connectivity index (χ3n) is 3.54. The predicted octanol–water partition coefficient (Wildman–Crippen LogP) is 2.18. The van der Waals surface area contributed by atoms with Crippen molar-refractivity contribution in [1.82, 2.24) is 4.72 Å².